The quantitative estimate of drug-likeness (QED) is 0.501. The Morgan fingerprint density at radius 3 is 2.59 bits per heavy atom. The number of nitrogens with zero attached hydrogens (tertiary/aromatic N) is 2. The van der Waals surface area contributed by atoms with Crippen LogP contribution in [0.15, 0.2) is 49.8 Å². The van der Waals surface area contributed by atoms with Crippen molar-refractivity contribution in [1.82, 2.24) is 14.5 Å². The second-order valence-corrected chi connectivity index (χ2v) is 7.82. The third-order valence-corrected chi connectivity index (χ3v) is 6.18. The van der Waals surface area contributed by atoms with Crippen molar-refractivity contribution < 1.29 is 4.39 Å². The largest absolute Gasteiger partial charge is 0.314 e. The van der Waals surface area contributed by atoms with Crippen molar-refractivity contribution in [1.29, 1.82) is 0 Å². The van der Waals surface area contributed by atoms with E-state index in [0.717, 1.165) is 15.7 Å². The van der Waals surface area contributed by atoms with Crippen molar-refractivity contribution in [2.24, 2.45) is 7.05 Å². The number of hydrogen-bond acceptors (Lipinski definition) is 4. The Morgan fingerprint density at radius 2 is 1.89 bits per heavy atom. The topological polar surface area (TPSA) is 67.8 Å². The van der Waals surface area contributed by atoms with E-state index in [0.29, 0.717) is 21.3 Å². The van der Waals surface area contributed by atoms with E-state index in [1.165, 1.54) is 28.0 Å². The van der Waals surface area contributed by atoms with Crippen LogP contribution in [0.3, 0.4) is 0 Å². The van der Waals surface area contributed by atoms with Crippen molar-refractivity contribution >= 4 is 37.5 Å². The lowest BCUT2D eigenvalue weighted by Crippen LogP contribution is -2.23. The van der Waals surface area contributed by atoms with E-state index >= 15 is 0 Å². The molecule has 3 aromatic heterocycles. The zero-order chi connectivity index (χ0) is 19.3. The zero-order valence-electron chi connectivity index (χ0n) is 14.3. The molecule has 0 amide bonds. The second-order valence-electron chi connectivity index (χ2n) is 6.11. The number of thiophene rings is 1. The molecule has 4 aromatic rings. The van der Waals surface area contributed by atoms with E-state index in [-0.39, 0.29) is 22.8 Å². The van der Waals surface area contributed by atoms with Crippen molar-refractivity contribution in [2.45, 2.75) is 6.92 Å². The van der Waals surface area contributed by atoms with E-state index in [9.17, 15) is 14.0 Å². The summed E-state index contributed by atoms with van der Waals surface area (Å²) in [5.74, 6) is -0.116. The SMILES string of the molecule is Cc1c(Br)cc(-c2nc3scc(-c4ccc(F)cc4)c3c(=O)[nH]2)c(=O)n1C. The van der Waals surface area contributed by atoms with Crippen LogP contribution in [-0.4, -0.2) is 14.5 Å². The molecule has 8 heteroatoms. The molecule has 0 saturated carbocycles. The maximum absolute atomic E-state index is 13.2. The Bertz CT molecular complexity index is 1310. The monoisotopic (exact) mass is 445 g/mol. The molecule has 136 valence electrons. The van der Waals surface area contributed by atoms with Crippen molar-refractivity contribution in [3.05, 3.63) is 72.4 Å². The first kappa shape index (κ1) is 17.8. The van der Waals surface area contributed by atoms with Gasteiger partial charge in [-0.2, -0.15) is 0 Å². The van der Waals surface area contributed by atoms with Crippen LogP contribution in [0, 0.1) is 12.7 Å². The van der Waals surface area contributed by atoms with Crippen LogP contribution in [0.5, 0.6) is 0 Å². The normalized spacial score (nSPS) is 11.3. The van der Waals surface area contributed by atoms with Gasteiger partial charge in [-0.05, 0) is 46.6 Å². The van der Waals surface area contributed by atoms with Gasteiger partial charge >= 0.3 is 0 Å². The molecular weight excluding hydrogens is 433 g/mol. The lowest BCUT2D eigenvalue weighted by atomic mass is 10.1. The molecule has 0 atom stereocenters. The van der Waals surface area contributed by atoms with Gasteiger partial charge in [0.15, 0.2) is 0 Å². The van der Waals surface area contributed by atoms with Gasteiger partial charge in [0.25, 0.3) is 11.1 Å². The van der Waals surface area contributed by atoms with Gasteiger partial charge in [0, 0.05) is 28.2 Å². The highest BCUT2D eigenvalue weighted by Gasteiger charge is 2.17. The minimum atomic E-state index is -0.339. The van der Waals surface area contributed by atoms with Crippen molar-refractivity contribution in [3.8, 4) is 22.5 Å². The highest BCUT2D eigenvalue weighted by Crippen LogP contribution is 2.31. The van der Waals surface area contributed by atoms with E-state index in [1.807, 2.05) is 12.3 Å². The predicted molar refractivity (Wildman–Crippen MR) is 109 cm³/mol. The Morgan fingerprint density at radius 1 is 1.19 bits per heavy atom. The number of H-pyrrole nitrogens is 1. The minimum Gasteiger partial charge on any atom is -0.314 e. The smallest absolute Gasteiger partial charge is 0.261 e. The summed E-state index contributed by atoms with van der Waals surface area (Å²) in [4.78, 5) is 33.1. The third kappa shape index (κ3) is 2.94. The molecule has 0 aliphatic heterocycles. The molecule has 0 saturated heterocycles. The number of hydrogen-bond donors (Lipinski definition) is 1. The number of benzene rings is 1. The lowest BCUT2D eigenvalue weighted by molar-refractivity contribution is 0.628. The molecule has 27 heavy (non-hydrogen) atoms. The Hall–Kier alpha value is -2.58. The van der Waals surface area contributed by atoms with Gasteiger partial charge in [0.05, 0.1) is 10.9 Å². The van der Waals surface area contributed by atoms with E-state index in [1.54, 1.807) is 25.2 Å². The maximum Gasteiger partial charge on any atom is 0.261 e. The van der Waals surface area contributed by atoms with E-state index in [2.05, 4.69) is 25.9 Å². The van der Waals surface area contributed by atoms with Crippen LogP contribution in [0.1, 0.15) is 5.69 Å². The van der Waals surface area contributed by atoms with Crippen molar-refractivity contribution in [2.75, 3.05) is 0 Å². The summed E-state index contributed by atoms with van der Waals surface area (Å²) in [6, 6.07) is 7.61. The summed E-state index contributed by atoms with van der Waals surface area (Å²) in [5, 5.41) is 2.24. The fourth-order valence-corrected chi connectivity index (χ4v) is 4.32. The average molecular weight is 446 g/mol. The molecular formula is C19H13BrFN3O2S. The van der Waals surface area contributed by atoms with Crippen molar-refractivity contribution in [3.63, 3.8) is 0 Å². The third-order valence-electron chi connectivity index (χ3n) is 4.51. The molecule has 0 radical (unpaired) electrons. The van der Waals surface area contributed by atoms with Gasteiger partial charge in [-0.25, -0.2) is 9.37 Å². The Labute approximate surface area is 165 Å². The molecule has 0 bridgehead atoms. The minimum absolute atomic E-state index is 0.223. The van der Waals surface area contributed by atoms with Gasteiger partial charge < -0.3 is 9.55 Å². The first-order valence-corrected chi connectivity index (χ1v) is 9.68. The molecule has 0 unspecified atom stereocenters. The average Bonchev–Trinajstić information content (AvgIpc) is 3.08. The fraction of sp³-hybridized carbons (Fsp3) is 0.105. The predicted octanol–water partition coefficient (Wildman–Crippen LogP) is 4.23. The van der Waals surface area contributed by atoms with Gasteiger partial charge in [0.1, 0.15) is 16.5 Å². The first-order chi connectivity index (χ1) is 12.9. The maximum atomic E-state index is 13.2. The van der Waals surface area contributed by atoms with Crippen LogP contribution in [0.4, 0.5) is 4.39 Å². The Kier molecular flexibility index (Phi) is 4.32. The first-order valence-electron chi connectivity index (χ1n) is 8.01. The number of halogens is 2. The lowest BCUT2D eigenvalue weighted by Gasteiger charge is -2.09. The second kappa shape index (κ2) is 6.54. The number of aromatic nitrogens is 3. The van der Waals surface area contributed by atoms with E-state index < -0.39 is 0 Å². The van der Waals surface area contributed by atoms with Gasteiger partial charge in [-0.15, -0.1) is 11.3 Å². The molecule has 1 aromatic carbocycles. The van der Waals surface area contributed by atoms with Gasteiger partial charge in [0.2, 0.25) is 0 Å². The molecule has 3 heterocycles. The zero-order valence-corrected chi connectivity index (χ0v) is 16.7. The van der Waals surface area contributed by atoms with Crippen LogP contribution < -0.4 is 11.1 Å². The summed E-state index contributed by atoms with van der Waals surface area (Å²) in [5.41, 5.74) is 1.93. The summed E-state index contributed by atoms with van der Waals surface area (Å²) < 4.78 is 15.4. The Balaban J connectivity index is 1.94. The summed E-state index contributed by atoms with van der Waals surface area (Å²) >= 11 is 4.74. The molecule has 4 rings (SSSR count). The number of pyridine rings is 1. The standard InChI is InChI=1S/C19H13BrFN3O2S/c1-9-14(20)7-12(19(26)24(9)2)16-22-17(25)15-13(8-27-18(15)23-16)10-3-5-11(21)6-4-10/h3-8H,1-2H3,(H,22,23,25). The van der Waals surface area contributed by atoms with E-state index in [4.69, 9.17) is 0 Å². The molecule has 0 aliphatic rings. The van der Waals surface area contributed by atoms with Crippen LogP contribution in [0.2, 0.25) is 0 Å². The molecule has 1 N–H and O–H groups in total. The summed E-state index contributed by atoms with van der Waals surface area (Å²) in [7, 11) is 1.67. The highest BCUT2D eigenvalue weighted by molar-refractivity contribution is 9.10. The molecule has 0 aliphatic carbocycles. The molecule has 0 spiro atoms. The van der Waals surface area contributed by atoms with Crippen LogP contribution in [0.25, 0.3) is 32.7 Å². The number of nitrogens with one attached hydrogen (secondary N) is 1. The van der Waals surface area contributed by atoms with Gasteiger partial charge in [-0.1, -0.05) is 12.1 Å². The number of fused-ring (bicyclic) bond motifs is 1. The number of aromatic amines is 1. The number of rotatable bonds is 2. The summed E-state index contributed by atoms with van der Waals surface area (Å²) in [6.07, 6.45) is 0. The molecule has 0 fully saturated rings. The van der Waals surface area contributed by atoms with Crippen LogP contribution in [-0.2, 0) is 7.05 Å². The molecule has 5 nitrogen and oxygen atoms in total. The fourth-order valence-electron chi connectivity index (χ4n) is 2.87. The van der Waals surface area contributed by atoms with Crippen LogP contribution >= 0.6 is 27.3 Å². The van der Waals surface area contributed by atoms with Gasteiger partial charge in [-0.3, -0.25) is 9.59 Å². The highest BCUT2D eigenvalue weighted by atomic mass is 79.9. The summed E-state index contributed by atoms with van der Waals surface area (Å²) in [6.45, 7) is 1.82.